The van der Waals surface area contributed by atoms with E-state index in [4.69, 9.17) is 4.42 Å². The van der Waals surface area contributed by atoms with Gasteiger partial charge in [-0.05, 0) is 65.8 Å². The monoisotopic (exact) mass is 401 g/mol. The second-order valence-electron chi connectivity index (χ2n) is 8.01. The second kappa shape index (κ2) is 7.13. The van der Waals surface area contributed by atoms with E-state index in [9.17, 15) is 8.42 Å². The van der Waals surface area contributed by atoms with Gasteiger partial charge in [0.1, 0.15) is 10.7 Å². The number of aryl methyl sites for hydroxylation is 2. The molecule has 150 valence electrons. The first-order chi connectivity index (χ1) is 13.0. The lowest BCUT2D eigenvalue weighted by Crippen LogP contribution is -2.31. The Morgan fingerprint density at radius 3 is 2.21 bits per heavy atom. The average Bonchev–Trinajstić information content (AvgIpc) is 3.21. The lowest BCUT2D eigenvalue weighted by atomic mass is 10.1. The van der Waals surface area contributed by atoms with Crippen molar-refractivity contribution in [1.82, 2.24) is 9.78 Å². The molecule has 0 aliphatic heterocycles. The van der Waals surface area contributed by atoms with Crippen LogP contribution in [-0.2, 0) is 22.1 Å². The Balaban J connectivity index is 2.16. The van der Waals surface area contributed by atoms with Crippen molar-refractivity contribution < 1.29 is 12.8 Å². The molecule has 0 spiro atoms. The summed E-state index contributed by atoms with van der Waals surface area (Å²) in [5, 5.41) is 4.52. The van der Waals surface area contributed by atoms with Crippen molar-refractivity contribution in [3.05, 3.63) is 65.4 Å². The van der Waals surface area contributed by atoms with Crippen LogP contribution in [-0.4, -0.2) is 18.2 Å². The lowest BCUT2D eigenvalue weighted by Gasteiger charge is -2.25. The number of hydrogen-bond acceptors (Lipinski definition) is 4. The van der Waals surface area contributed by atoms with Gasteiger partial charge < -0.3 is 4.42 Å². The first-order valence-corrected chi connectivity index (χ1v) is 10.6. The summed E-state index contributed by atoms with van der Waals surface area (Å²) in [6.45, 7) is 11.6. The van der Waals surface area contributed by atoms with Gasteiger partial charge in [-0.15, -0.1) is 0 Å². The Hall–Kier alpha value is -2.54. The Kier molecular flexibility index (Phi) is 5.14. The number of sulfonamides is 1. The maximum Gasteiger partial charge on any atom is 0.268 e. The fourth-order valence-corrected chi connectivity index (χ4v) is 5.13. The number of rotatable bonds is 5. The van der Waals surface area contributed by atoms with Crippen LogP contribution in [0.25, 0.3) is 0 Å². The molecule has 6 nitrogen and oxygen atoms in total. The summed E-state index contributed by atoms with van der Waals surface area (Å²) < 4.78 is 36.1. The highest BCUT2D eigenvalue weighted by Crippen LogP contribution is 2.31. The molecule has 1 aromatic carbocycles. The van der Waals surface area contributed by atoms with Crippen LogP contribution in [0.3, 0.4) is 0 Å². The zero-order valence-corrected chi connectivity index (χ0v) is 18.0. The van der Waals surface area contributed by atoms with E-state index >= 15 is 0 Å². The van der Waals surface area contributed by atoms with E-state index in [0.29, 0.717) is 22.8 Å². The zero-order chi connectivity index (χ0) is 20.7. The van der Waals surface area contributed by atoms with Gasteiger partial charge in [0.2, 0.25) is 0 Å². The summed E-state index contributed by atoms with van der Waals surface area (Å²) in [4.78, 5) is 0.245. The summed E-state index contributed by atoms with van der Waals surface area (Å²) in [7, 11) is -3.85. The molecule has 0 radical (unpaired) electrons. The molecule has 3 aromatic rings. The third-order valence-corrected chi connectivity index (χ3v) is 6.64. The van der Waals surface area contributed by atoms with Gasteiger partial charge in [0.05, 0.1) is 35.4 Å². The first kappa shape index (κ1) is 20.2. The molecule has 0 fully saturated rings. The minimum Gasteiger partial charge on any atom is -0.467 e. The molecule has 0 saturated heterocycles. The Morgan fingerprint density at radius 2 is 1.71 bits per heavy atom. The molecule has 0 saturated carbocycles. The fourth-order valence-electron chi connectivity index (χ4n) is 3.34. The quantitative estimate of drug-likeness (QED) is 0.629. The summed E-state index contributed by atoms with van der Waals surface area (Å²) in [5.74, 6) is 0.572. The Morgan fingerprint density at radius 1 is 1.07 bits per heavy atom. The highest BCUT2D eigenvalue weighted by Gasteiger charge is 2.33. The van der Waals surface area contributed by atoms with Crippen LogP contribution in [0.5, 0.6) is 0 Å². The molecule has 0 aliphatic rings. The number of nitrogens with zero attached hydrogens (tertiary/aromatic N) is 3. The van der Waals surface area contributed by atoms with E-state index in [1.165, 1.54) is 4.31 Å². The number of benzene rings is 1. The van der Waals surface area contributed by atoms with Gasteiger partial charge in [-0.2, -0.15) is 5.10 Å². The van der Waals surface area contributed by atoms with Crippen molar-refractivity contribution in [2.75, 3.05) is 4.31 Å². The first-order valence-electron chi connectivity index (χ1n) is 9.20. The molecular weight excluding hydrogens is 374 g/mol. The van der Waals surface area contributed by atoms with Crippen molar-refractivity contribution >= 4 is 15.7 Å². The molecule has 0 N–H and O–H groups in total. The fraction of sp³-hybridized carbons (Fsp3) is 0.381. The highest BCUT2D eigenvalue weighted by molar-refractivity contribution is 7.92. The SMILES string of the molecule is Cc1ccc(N(Cc2ccco2)S(=O)(=O)c2c(C)nn(C(C)(C)C)c2C)cc1. The maximum atomic E-state index is 13.8. The number of furan rings is 1. The Bertz CT molecular complexity index is 1060. The van der Waals surface area contributed by atoms with E-state index in [0.717, 1.165) is 5.56 Å². The van der Waals surface area contributed by atoms with Gasteiger partial charge in [0.25, 0.3) is 10.0 Å². The van der Waals surface area contributed by atoms with Crippen molar-refractivity contribution in [2.45, 2.75) is 58.5 Å². The van der Waals surface area contributed by atoms with Crippen LogP contribution < -0.4 is 4.31 Å². The molecule has 28 heavy (non-hydrogen) atoms. The molecule has 3 rings (SSSR count). The van der Waals surface area contributed by atoms with Crippen molar-refractivity contribution in [3.63, 3.8) is 0 Å². The van der Waals surface area contributed by atoms with Gasteiger partial charge in [-0.3, -0.25) is 8.99 Å². The Labute approximate surface area is 166 Å². The predicted molar refractivity (Wildman–Crippen MR) is 110 cm³/mol. The summed E-state index contributed by atoms with van der Waals surface area (Å²) in [6.07, 6.45) is 1.55. The maximum absolute atomic E-state index is 13.8. The van der Waals surface area contributed by atoms with Gasteiger partial charge in [0, 0.05) is 0 Å². The number of aromatic nitrogens is 2. The van der Waals surface area contributed by atoms with Crippen LogP contribution >= 0.6 is 0 Å². The average molecular weight is 402 g/mol. The van der Waals surface area contributed by atoms with Crippen LogP contribution in [0.2, 0.25) is 0 Å². The van der Waals surface area contributed by atoms with E-state index in [1.54, 1.807) is 36.9 Å². The highest BCUT2D eigenvalue weighted by atomic mass is 32.2. The van der Waals surface area contributed by atoms with Crippen molar-refractivity contribution in [3.8, 4) is 0 Å². The molecule has 0 bridgehead atoms. The van der Waals surface area contributed by atoms with Crippen LogP contribution in [0.1, 0.15) is 43.5 Å². The smallest absolute Gasteiger partial charge is 0.268 e. The largest absolute Gasteiger partial charge is 0.467 e. The summed E-state index contributed by atoms with van der Waals surface area (Å²) >= 11 is 0. The topological polar surface area (TPSA) is 68.3 Å². The van der Waals surface area contributed by atoms with Gasteiger partial charge in [-0.25, -0.2) is 8.42 Å². The number of anilines is 1. The third kappa shape index (κ3) is 3.71. The molecule has 0 amide bonds. The van der Waals surface area contributed by atoms with E-state index in [-0.39, 0.29) is 17.0 Å². The second-order valence-corrected chi connectivity index (χ2v) is 9.81. The van der Waals surface area contributed by atoms with Crippen molar-refractivity contribution in [1.29, 1.82) is 0 Å². The van der Waals surface area contributed by atoms with Gasteiger partial charge in [0.15, 0.2) is 0 Å². The van der Waals surface area contributed by atoms with Gasteiger partial charge in [-0.1, -0.05) is 17.7 Å². The molecule has 0 unspecified atom stereocenters. The van der Waals surface area contributed by atoms with E-state index in [2.05, 4.69) is 5.10 Å². The van der Waals surface area contributed by atoms with Crippen LogP contribution in [0, 0.1) is 20.8 Å². The normalized spacial score (nSPS) is 12.4. The predicted octanol–water partition coefficient (Wildman–Crippen LogP) is 4.55. The summed E-state index contributed by atoms with van der Waals surface area (Å²) in [6, 6.07) is 11.0. The minimum atomic E-state index is -3.85. The van der Waals surface area contributed by atoms with Crippen molar-refractivity contribution in [2.24, 2.45) is 0 Å². The van der Waals surface area contributed by atoms with Gasteiger partial charge >= 0.3 is 0 Å². The lowest BCUT2D eigenvalue weighted by molar-refractivity contribution is 0.345. The van der Waals surface area contributed by atoms with E-state index in [1.807, 2.05) is 52.0 Å². The molecular formula is C21H27N3O3S. The van der Waals surface area contributed by atoms with Crippen LogP contribution in [0.15, 0.2) is 52.0 Å². The third-order valence-electron chi connectivity index (χ3n) is 4.61. The molecule has 7 heteroatoms. The molecule has 0 atom stereocenters. The van der Waals surface area contributed by atoms with Crippen LogP contribution in [0.4, 0.5) is 5.69 Å². The number of hydrogen-bond donors (Lipinski definition) is 0. The molecule has 0 aliphatic carbocycles. The summed E-state index contributed by atoms with van der Waals surface area (Å²) in [5.41, 5.74) is 2.44. The molecule has 2 heterocycles. The zero-order valence-electron chi connectivity index (χ0n) is 17.2. The molecule has 2 aromatic heterocycles. The minimum absolute atomic E-state index is 0.109. The van der Waals surface area contributed by atoms with E-state index < -0.39 is 10.0 Å². The standard InChI is InChI=1S/C21H27N3O3S/c1-15-9-11-18(12-10-15)23(14-19-8-7-13-27-19)28(25,26)20-16(2)22-24(17(20)3)21(4,5)6/h7-13H,14H2,1-6H3.